The number of nitro benzene ring substituents is 1. The van der Waals surface area contributed by atoms with Gasteiger partial charge in [0.05, 0.1) is 31.1 Å². The number of methoxy groups -OCH3 is 2. The summed E-state index contributed by atoms with van der Waals surface area (Å²) in [6.07, 6.45) is 3.31. The molecule has 0 saturated carbocycles. The normalized spacial score (nSPS) is 11.4. The van der Waals surface area contributed by atoms with Crippen molar-refractivity contribution in [2.24, 2.45) is 21.0 Å². The second kappa shape index (κ2) is 10.7. The Morgan fingerprint density at radius 3 is 2.55 bits per heavy atom. The van der Waals surface area contributed by atoms with Crippen molar-refractivity contribution in [3.05, 3.63) is 39.0 Å². The van der Waals surface area contributed by atoms with Gasteiger partial charge in [-0.3, -0.25) is 14.5 Å². The number of hydrogen-bond acceptors (Lipinski definition) is 9. The van der Waals surface area contributed by atoms with Gasteiger partial charge in [0.25, 0.3) is 0 Å². The van der Waals surface area contributed by atoms with E-state index in [1.807, 2.05) is 13.1 Å². The van der Waals surface area contributed by atoms with E-state index in [-0.39, 0.29) is 41.1 Å². The fraction of sp³-hybridized carbons (Fsp3) is 0.263. The monoisotopic (exact) mass is 494 g/mol. The summed E-state index contributed by atoms with van der Waals surface area (Å²) >= 11 is 1.43. The fourth-order valence-electron chi connectivity index (χ4n) is 2.91. The summed E-state index contributed by atoms with van der Waals surface area (Å²) in [6.45, 7) is 5.49. The third kappa shape index (κ3) is 5.38. The van der Waals surface area contributed by atoms with Crippen LogP contribution in [-0.4, -0.2) is 46.4 Å². The van der Waals surface area contributed by atoms with Gasteiger partial charge in [-0.25, -0.2) is 10.4 Å². The van der Waals surface area contributed by atoms with E-state index in [0.717, 1.165) is 10.6 Å². The molecule has 2 aromatic heterocycles. The number of nitrogens with zero attached hydrogens (tertiary/aromatic N) is 6. The van der Waals surface area contributed by atoms with Crippen LogP contribution in [0.15, 0.2) is 33.6 Å². The molecule has 0 unspecified atom stereocenters. The highest BCUT2D eigenvalue weighted by molar-refractivity contribution is 7.17. The molecule has 14 heteroatoms. The maximum Gasteiger partial charge on any atom is 0.324 e. The number of fused-ring (bicyclic) bond motifs is 1. The molecule has 0 amide bonds. The second-order valence-electron chi connectivity index (χ2n) is 6.69. The van der Waals surface area contributed by atoms with Gasteiger partial charge < -0.3 is 15.2 Å². The Bertz CT molecular complexity index is 1260. The molecule has 0 aliphatic heterocycles. The van der Waals surface area contributed by atoms with Gasteiger partial charge in [0.2, 0.25) is 5.96 Å². The molecular weight excluding hydrogens is 472 g/mol. The first kappa shape index (κ1) is 25.5. The van der Waals surface area contributed by atoms with E-state index in [0.29, 0.717) is 16.3 Å². The summed E-state index contributed by atoms with van der Waals surface area (Å²) in [6, 6.07) is 3.07. The minimum absolute atomic E-state index is 0. The number of hydrazone groups is 1. The first-order chi connectivity index (χ1) is 15.3. The molecular formula is C19H23ClN8O4S. The zero-order valence-electron chi connectivity index (χ0n) is 18.5. The molecule has 0 aliphatic rings. The van der Waals surface area contributed by atoms with Gasteiger partial charge in [-0.2, -0.15) is 10.2 Å². The largest absolute Gasteiger partial charge is 0.496 e. The van der Waals surface area contributed by atoms with E-state index in [2.05, 4.69) is 25.7 Å². The number of nitro groups is 1. The number of guanidine groups is 1. The van der Waals surface area contributed by atoms with E-state index >= 15 is 0 Å². The van der Waals surface area contributed by atoms with Crippen LogP contribution in [0.25, 0.3) is 16.2 Å². The van der Waals surface area contributed by atoms with E-state index in [9.17, 15) is 10.1 Å². The summed E-state index contributed by atoms with van der Waals surface area (Å²) in [4.78, 5) is 17.7. The third-order valence-electron chi connectivity index (χ3n) is 4.16. The SMILES string of the molecule is COc1ccc(OC)c([N+](=O)[O-])c1-c1nc2sc(C)cn2c1/C=N/N/C(N)=N\N=C(C)C.Cl. The van der Waals surface area contributed by atoms with Crippen molar-refractivity contribution in [2.45, 2.75) is 20.8 Å². The van der Waals surface area contributed by atoms with Crippen LogP contribution < -0.4 is 20.6 Å². The lowest BCUT2D eigenvalue weighted by Gasteiger charge is -2.11. The molecule has 3 aromatic rings. The minimum Gasteiger partial charge on any atom is -0.496 e. The number of nitrogens with one attached hydrogen (secondary N) is 1. The van der Waals surface area contributed by atoms with Crippen molar-refractivity contribution < 1.29 is 14.4 Å². The first-order valence-corrected chi connectivity index (χ1v) is 10.1. The number of aromatic nitrogens is 2. The smallest absolute Gasteiger partial charge is 0.324 e. The van der Waals surface area contributed by atoms with Crippen molar-refractivity contribution in [1.29, 1.82) is 0 Å². The van der Waals surface area contributed by atoms with E-state index in [1.54, 1.807) is 24.3 Å². The Hall–Kier alpha value is -3.71. The van der Waals surface area contributed by atoms with E-state index in [1.165, 1.54) is 37.8 Å². The van der Waals surface area contributed by atoms with Gasteiger partial charge in [0.1, 0.15) is 17.0 Å². The summed E-state index contributed by atoms with van der Waals surface area (Å²) in [5.74, 6) is 0.344. The quantitative estimate of drug-likeness (QED) is 0.221. The number of benzene rings is 1. The van der Waals surface area contributed by atoms with Crippen LogP contribution in [0.5, 0.6) is 11.5 Å². The van der Waals surface area contributed by atoms with Gasteiger partial charge in [-0.15, -0.1) is 28.8 Å². The number of ether oxygens (including phenoxy) is 2. The van der Waals surface area contributed by atoms with Crippen molar-refractivity contribution >= 4 is 52.3 Å². The number of thiazole rings is 1. The highest BCUT2D eigenvalue weighted by Crippen LogP contribution is 2.45. The molecule has 0 aliphatic carbocycles. The van der Waals surface area contributed by atoms with Crippen LogP contribution in [0.4, 0.5) is 5.69 Å². The predicted molar refractivity (Wildman–Crippen MR) is 131 cm³/mol. The molecule has 0 radical (unpaired) electrons. The number of halogens is 1. The Kier molecular flexibility index (Phi) is 8.32. The van der Waals surface area contributed by atoms with Crippen LogP contribution in [0.1, 0.15) is 24.4 Å². The molecule has 1 aromatic carbocycles. The summed E-state index contributed by atoms with van der Waals surface area (Å²) in [5, 5.41) is 23.7. The molecule has 0 fully saturated rings. The number of imidazole rings is 1. The summed E-state index contributed by atoms with van der Waals surface area (Å²) in [7, 11) is 2.79. The molecule has 33 heavy (non-hydrogen) atoms. The molecule has 0 atom stereocenters. The Balaban J connectivity index is 0.00000385. The zero-order valence-corrected chi connectivity index (χ0v) is 20.2. The van der Waals surface area contributed by atoms with Crippen molar-refractivity contribution in [1.82, 2.24) is 14.8 Å². The summed E-state index contributed by atoms with van der Waals surface area (Å²) in [5.41, 5.74) is 9.76. The van der Waals surface area contributed by atoms with Crippen LogP contribution in [0.2, 0.25) is 0 Å². The van der Waals surface area contributed by atoms with Gasteiger partial charge >= 0.3 is 5.69 Å². The molecule has 3 N–H and O–H groups in total. The topological polar surface area (TPSA) is 154 Å². The molecule has 2 heterocycles. The molecule has 3 rings (SSSR count). The lowest BCUT2D eigenvalue weighted by molar-refractivity contribution is -0.385. The van der Waals surface area contributed by atoms with Gasteiger partial charge in [0, 0.05) is 16.8 Å². The van der Waals surface area contributed by atoms with Crippen LogP contribution in [0.3, 0.4) is 0 Å². The highest BCUT2D eigenvalue weighted by atomic mass is 35.5. The fourth-order valence-corrected chi connectivity index (χ4v) is 3.75. The Morgan fingerprint density at radius 1 is 1.27 bits per heavy atom. The van der Waals surface area contributed by atoms with Crippen LogP contribution in [-0.2, 0) is 0 Å². The predicted octanol–water partition coefficient (Wildman–Crippen LogP) is 3.35. The zero-order chi connectivity index (χ0) is 23.4. The number of rotatable bonds is 7. The van der Waals surface area contributed by atoms with E-state index < -0.39 is 4.92 Å². The maximum atomic E-state index is 11.9. The molecule has 12 nitrogen and oxygen atoms in total. The average molecular weight is 495 g/mol. The van der Waals surface area contributed by atoms with Crippen LogP contribution >= 0.6 is 23.7 Å². The summed E-state index contributed by atoms with van der Waals surface area (Å²) < 4.78 is 12.4. The second-order valence-corrected chi connectivity index (χ2v) is 7.91. The molecule has 0 saturated heterocycles. The lowest BCUT2D eigenvalue weighted by Crippen LogP contribution is -2.27. The lowest BCUT2D eigenvalue weighted by atomic mass is 10.1. The van der Waals surface area contributed by atoms with Gasteiger partial charge in [-0.1, -0.05) is 0 Å². The van der Waals surface area contributed by atoms with Crippen LogP contribution in [0, 0.1) is 17.0 Å². The maximum absolute atomic E-state index is 11.9. The molecule has 0 bridgehead atoms. The van der Waals surface area contributed by atoms with Crippen molar-refractivity contribution in [2.75, 3.05) is 14.2 Å². The number of aryl methyl sites for hydroxylation is 1. The Morgan fingerprint density at radius 2 is 1.94 bits per heavy atom. The highest BCUT2D eigenvalue weighted by Gasteiger charge is 2.30. The first-order valence-electron chi connectivity index (χ1n) is 9.28. The van der Waals surface area contributed by atoms with E-state index in [4.69, 9.17) is 15.2 Å². The number of nitrogens with two attached hydrogens (primary N) is 1. The number of hydrogen-bond donors (Lipinski definition) is 2. The van der Waals surface area contributed by atoms with Crippen molar-refractivity contribution in [3.8, 4) is 22.8 Å². The van der Waals surface area contributed by atoms with Gasteiger partial charge in [-0.05, 0) is 32.9 Å². The minimum atomic E-state index is -0.524. The average Bonchev–Trinajstić information content (AvgIpc) is 3.27. The Labute approximate surface area is 199 Å². The molecule has 176 valence electrons. The van der Waals surface area contributed by atoms with Crippen molar-refractivity contribution in [3.63, 3.8) is 0 Å². The van der Waals surface area contributed by atoms with Gasteiger partial charge in [0.15, 0.2) is 10.7 Å². The third-order valence-corrected chi connectivity index (χ3v) is 5.06. The molecule has 0 spiro atoms. The standard InChI is InChI=1S/C19H22N8O4S.ClH/c1-10(2)23-25-18(20)24-21-8-12-16(22-19-26(12)9-11(3)32-19)15-13(30-4)6-7-14(31-5)17(15)27(28)29;/h6-9H,1-5H3,(H3,20,24,25);1H/b21-8+;.